The highest BCUT2D eigenvalue weighted by Crippen LogP contribution is 2.16. The van der Waals surface area contributed by atoms with Crippen LogP contribution in [0, 0.1) is 11.8 Å². The molecular weight excluding hydrogens is 272 g/mol. The summed E-state index contributed by atoms with van der Waals surface area (Å²) in [4.78, 5) is 14.9. The standard InChI is InChI=1S/C14H16N4OS/c1-17(14(19)13-5-7-16-18(13)2)9-11-8-12(20-10-11)4-3-6-15/h5,7-8,10H,6,9,15H2,1-2H3. The Morgan fingerprint density at radius 2 is 2.40 bits per heavy atom. The number of aryl methyl sites for hydroxylation is 1. The molecule has 0 aliphatic carbocycles. The third kappa shape index (κ3) is 3.26. The molecule has 5 nitrogen and oxygen atoms in total. The number of rotatable bonds is 3. The number of aromatic nitrogens is 2. The van der Waals surface area contributed by atoms with E-state index in [1.165, 1.54) is 0 Å². The Morgan fingerprint density at radius 3 is 3.05 bits per heavy atom. The minimum atomic E-state index is -0.0502. The average Bonchev–Trinajstić information content (AvgIpc) is 3.04. The fourth-order valence-corrected chi connectivity index (χ4v) is 2.56. The van der Waals surface area contributed by atoms with Gasteiger partial charge in [0.05, 0.1) is 11.4 Å². The number of nitrogens with two attached hydrogens (primary N) is 1. The average molecular weight is 288 g/mol. The molecular formula is C14H16N4OS. The van der Waals surface area contributed by atoms with Crippen molar-refractivity contribution in [3.05, 3.63) is 39.8 Å². The van der Waals surface area contributed by atoms with E-state index in [9.17, 15) is 4.79 Å². The van der Waals surface area contributed by atoms with Gasteiger partial charge in [-0.3, -0.25) is 9.48 Å². The number of carbonyl (C=O) groups is 1. The Labute approximate surface area is 122 Å². The van der Waals surface area contributed by atoms with E-state index in [1.54, 1.807) is 47.3 Å². The summed E-state index contributed by atoms with van der Waals surface area (Å²) in [5.41, 5.74) is 6.98. The van der Waals surface area contributed by atoms with E-state index in [2.05, 4.69) is 16.9 Å². The van der Waals surface area contributed by atoms with Crippen molar-refractivity contribution in [2.75, 3.05) is 13.6 Å². The van der Waals surface area contributed by atoms with Crippen LogP contribution < -0.4 is 5.73 Å². The minimum Gasteiger partial charge on any atom is -0.336 e. The van der Waals surface area contributed by atoms with Crippen molar-refractivity contribution in [1.82, 2.24) is 14.7 Å². The van der Waals surface area contributed by atoms with Crippen LogP contribution in [0.3, 0.4) is 0 Å². The molecule has 1 amide bonds. The van der Waals surface area contributed by atoms with E-state index in [0.29, 0.717) is 18.8 Å². The summed E-state index contributed by atoms with van der Waals surface area (Å²) in [5, 5.41) is 6.01. The Balaban J connectivity index is 2.04. The molecule has 0 atom stereocenters. The Bertz CT molecular complexity index is 662. The molecule has 0 radical (unpaired) electrons. The molecule has 2 aromatic rings. The number of carbonyl (C=O) groups excluding carboxylic acids is 1. The molecule has 0 aliphatic heterocycles. The van der Waals surface area contributed by atoms with Crippen molar-refractivity contribution in [2.24, 2.45) is 12.8 Å². The van der Waals surface area contributed by atoms with Crippen LogP contribution in [0.5, 0.6) is 0 Å². The largest absolute Gasteiger partial charge is 0.336 e. The lowest BCUT2D eigenvalue weighted by Crippen LogP contribution is -2.27. The number of amides is 1. The van der Waals surface area contributed by atoms with Crippen LogP contribution in [0.2, 0.25) is 0 Å². The van der Waals surface area contributed by atoms with Crippen molar-refractivity contribution in [2.45, 2.75) is 6.54 Å². The Morgan fingerprint density at radius 1 is 1.60 bits per heavy atom. The monoisotopic (exact) mass is 288 g/mol. The van der Waals surface area contributed by atoms with Crippen molar-refractivity contribution >= 4 is 17.2 Å². The highest BCUT2D eigenvalue weighted by atomic mass is 32.1. The summed E-state index contributed by atoms with van der Waals surface area (Å²) >= 11 is 1.56. The Kier molecular flexibility index (Phi) is 4.56. The van der Waals surface area contributed by atoms with Crippen LogP contribution in [0.25, 0.3) is 0 Å². The van der Waals surface area contributed by atoms with Gasteiger partial charge in [0.2, 0.25) is 0 Å². The van der Waals surface area contributed by atoms with E-state index in [4.69, 9.17) is 5.73 Å². The first-order valence-electron chi connectivity index (χ1n) is 6.11. The van der Waals surface area contributed by atoms with Crippen molar-refractivity contribution in [3.63, 3.8) is 0 Å². The Hall–Kier alpha value is -2.10. The normalized spacial score (nSPS) is 9.95. The molecule has 2 aromatic heterocycles. The lowest BCUT2D eigenvalue weighted by atomic mass is 10.2. The van der Waals surface area contributed by atoms with Gasteiger partial charge < -0.3 is 10.6 Å². The van der Waals surface area contributed by atoms with Crippen LogP contribution in [0.4, 0.5) is 0 Å². The molecule has 0 fully saturated rings. The number of hydrogen-bond donors (Lipinski definition) is 1. The van der Waals surface area contributed by atoms with E-state index in [0.717, 1.165) is 10.4 Å². The van der Waals surface area contributed by atoms with Gasteiger partial charge in [0.1, 0.15) is 5.69 Å². The van der Waals surface area contributed by atoms with Crippen molar-refractivity contribution < 1.29 is 4.79 Å². The smallest absolute Gasteiger partial charge is 0.272 e. The second-order valence-corrected chi connectivity index (χ2v) is 5.24. The maximum absolute atomic E-state index is 12.2. The first-order chi connectivity index (χ1) is 9.61. The quantitative estimate of drug-likeness (QED) is 0.859. The second kappa shape index (κ2) is 6.37. The predicted molar refractivity (Wildman–Crippen MR) is 79.3 cm³/mol. The molecule has 0 spiro atoms. The summed E-state index contributed by atoms with van der Waals surface area (Å²) in [6.07, 6.45) is 1.62. The van der Waals surface area contributed by atoms with E-state index in [1.807, 2.05) is 11.4 Å². The second-order valence-electron chi connectivity index (χ2n) is 4.33. The molecule has 0 unspecified atom stereocenters. The lowest BCUT2D eigenvalue weighted by Gasteiger charge is -2.16. The van der Waals surface area contributed by atoms with E-state index >= 15 is 0 Å². The zero-order chi connectivity index (χ0) is 14.5. The van der Waals surface area contributed by atoms with Gasteiger partial charge in [-0.1, -0.05) is 11.8 Å². The molecule has 2 rings (SSSR count). The van der Waals surface area contributed by atoms with Crippen molar-refractivity contribution in [1.29, 1.82) is 0 Å². The summed E-state index contributed by atoms with van der Waals surface area (Å²) in [6, 6.07) is 3.70. The maximum atomic E-state index is 12.2. The van der Waals surface area contributed by atoms with Crippen LogP contribution in [-0.4, -0.2) is 34.2 Å². The summed E-state index contributed by atoms with van der Waals surface area (Å²) < 4.78 is 1.57. The van der Waals surface area contributed by atoms with Crippen LogP contribution in [0.15, 0.2) is 23.7 Å². The molecule has 0 aromatic carbocycles. The van der Waals surface area contributed by atoms with Crippen LogP contribution in [0.1, 0.15) is 20.9 Å². The summed E-state index contributed by atoms with van der Waals surface area (Å²) in [6.45, 7) is 0.900. The van der Waals surface area contributed by atoms with E-state index < -0.39 is 0 Å². The molecule has 2 heterocycles. The number of thiophene rings is 1. The topological polar surface area (TPSA) is 64.2 Å². The summed E-state index contributed by atoms with van der Waals surface area (Å²) in [5.74, 6) is 5.76. The van der Waals surface area contributed by atoms with Gasteiger partial charge in [-0.05, 0) is 23.1 Å². The maximum Gasteiger partial charge on any atom is 0.272 e. The minimum absolute atomic E-state index is 0.0502. The molecule has 0 saturated carbocycles. The number of nitrogens with zero attached hydrogens (tertiary/aromatic N) is 3. The molecule has 0 aliphatic rings. The fourth-order valence-electron chi connectivity index (χ4n) is 1.79. The molecule has 104 valence electrons. The van der Waals surface area contributed by atoms with E-state index in [-0.39, 0.29) is 5.91 Å². The van der Waals surface area contributed by atoms with Gasteiger partial charge in [-0.15, -0.1) is 11.3 Å². The molecule has 0 bridgehead atoms. The van der Waals surface area contributed by atoms with Gasteiger partial charge >= 0.3 is 0 Å². The number of hydrogen-bond acceptors (Lipinski definition) is 4. The molecule has 6 heteroatoms. The summed E-state index contributed by atoms with van der Waals surface area (Å²) in [7, 11) is 3.53. The zero-order valence-electron chi connectivity index (χ0n) is 11.5. The molecule has 0 saturated heterocycles. The van der Waals surface area contributed by atoms with Crippen molar-refractivity contribution in [3.8, 4) is 11.8 Å². The highest BCUT2D eigenvalue weighted by Gasteiger charge is 2.15. The van der Waals surface area contributed by atoms with Gasteiger partial charge in [-0.25, -0.2) is 0 Å². The van der Waals surface area contributed by atoms with Gasteiger partial charge in [0, 0.05) is 26.8 Å². The lowest BCUT2D eigenvalue weighted by molar-refractivity contribution is 0.0774. The zero-order valence-corrected chi connectivity index (χ0v) is 12.3. The third-order valence-corrected chi connectivity index (χ3v) is 3.67. The fraction of sp³-hybridized carbons (Fsp3) is 0.286. The first-order valence-corrected chi connectivity index (χ1v) is 6.99. The third-order valence-electron chi connectivity index (χ3n) is 2.77. The molecule has 2 N–H and O–H groups in total. The van der Waals surface area contributed by atoms with Gasteiger partial charge in [-0.2, -0.15) is 5.10 Å². The van der Waals surface area contributed by atoms with Crippen LogP contribution in [-0.2, 0) is 13.6 Å². The van der Waals surface area contributed by atoms with Gasteiger partial charge in [0.15, 0.2) is 0 Å². The van der Waals surface area contributed by atoms with Crippen LogP contribution >= 0.6 is 11.3 Å². The predicted octanol–water partition coefficient (Wildman–Crippen LogP) is 1.06. The highest BCUT2D eigenvalue weighted by molar-refractivity contribution is 7.10. The first kappa shape index (κ1) is 14.3. The molecule has 20 heavy (non-hydrogen) atoms. The van der Waals surface area contributed by atoms with Gasteiger partial charge in [0.25, 0.3) is 5.91 Å². The SMILES string of the molecule is CN(Cc1csc(C#CCN)c1)C(=O)c1ccnn1C.